The van der Waals surface area contributed by atoms with E-state index in [1.807, 2.05) is 18.2 Å². The van der Waals surface area contributed by atoms with Crippen molar-refractivity contribution in [2.24, 2.45) is 0 Å². The third-order valence-corrected chi connectivity index (χ3v) is 5.67. The zero-order valence-electron chi connectivity index (χ0n) is 16.7. The highest BCUT2D eigenvalue weighted by molar-refractivity contribution is 5.58. The normalized spacial score (nSPS) is 16.4. The topological polar surface area (TPSA) is 34.2 Å². The van der Waals surface area contributed by atoms with Crippen LogP contribution in [-0.2, 0) is 6.42 Å². The fourth-order valence-electron chi connectivity index (χ4n) is 4.04. The standard InChI is InChI=1S/C23H30N2O3/c1-26-21-9-5-4-8-20(21)25-15-13-24(14-16-25)12-6-2-3-7-19-10-11-22-23(17-19)28-18-27-22/h4-5,8-11,17H,2-3,6-7,12-16,18H2,1H3. The van der Waals surface area contributed by atoms with Gasteiger partial charge in [-0.3, -0.25) is 4.90 Å². The molecular formula is C23H30N2O3. The molecule has 0 spiro atoms. The molecule has 2 aromatic carbocycles. The fraction of sp³-hybridized carbons (Fsp3) is 0.478. The van der Waals surface area contributed by atoms with Crippen LogP contribution in [-0.4, -0.2) is 51.5 Å². The Hall–Kier alpha value is -2.40. The van der Waals surface area contributed by atoms with Crippen molar-refractivity contribution in [2.75, 3.05) is 51.5 Å². The summed E-state index contributed by atoms with van der Waals surface area (Å²) in [5.41, 5.74) is 2.56. The average Bonchev–Trinajstić information content (AvgIpc) is 3.22. The van der Waals surface area contributed by atoms with Gasteiger partial charge in [0, 0.05) is 26.2 Å². The van der Waals surface area contributed by atoms with Crippen molar-refractivity contribution in [2.45, 2.75) is 25.7 Å². The molecule has 2 aromatic rings. The van der Waals surface area contributed by atoms with Crippen molar-refractivity contribution in [3.63, 3.8) is 0 Å². The number of ether oxygens (including phenoxy) is 3. The molecule has 2 heterocycles. The van der Waals surface area contributed by atoms with E-state index in [9.17, 15) is 0 Å². The number of hydrogen-bond donors (Lipinski definition) is 0. The number of rotatable bonds is 8. The maximum Gasteiger partial charge on any atom is 0.231 e. The molecule has 5 heteroatoms. The van der Waals surface area contributed by atoms with Gasteiger partial charge in [0.1, 0.15) is 5.75 Å². The van der Waals surface area contributed by atoms with Gasteiger partial charge in [0.05, 0.1) is 12.8 Å². The molecule has 5 nitrogen and oxygen atoms in total. The molecule has 1 fully saturated rings. The number of nitrogens with zero attached hydrogens (tertiary/aromatic N) is 2. The number of benzene rings is 2. The molecule has 0 amide bonds. The predicted molar refractivity (Wildman–Crippen MR) is 112 cm³/mol. The summed E-state index contributed by atoms with van der Waals surface area (Å²) < 4.78 is 16.3. The number of fused-ring (bicyclic) bond motifs is 1. The maximum absolute atomic E-state index is 5.51. The van der Waals surface area contributed by atoms with E-state index in [-0.39, 0.29) is 0 Å². The van der Waals surface area contributed by atoms with Crippen LogP contribution in [0.25, 0.3) is 0 Å². The Morgan fingerprint density at radius 1 is 0.893 bits per heavy atom. The Morgan fingerprint density at radius 2 is 1.71 bits per heavy atom. The summed E-state index contributed by atoms with van der Waals surface area (Å²) in [4.78, 5) is 5.03. The monoisotopic (exact) mass is 382 g/mol. The number of anilines is 1. The van der Waals surface area contributed by atoms with E-state index in [0.29, 0.717) is 6.79 Å². The van der Waals surface area contributed by atoms with Crippen LogP contribution < -0.4 is 19.1 Å². The summed E-state index contributed by atoms with van der Waals surface area (Å²) in [6.45, 7) is 5.93. The van der Waals surface area contributed by atoms with Crippen molar-refractivity contribution in [1.29, 1.82) is 0 Å². The molecule has 150 valence electrons. The van der Waals surface area contributed by atoms with Gasteiger partial charge in [0.15, 0.2) is 11.5 Å². The van der Waals surface area contributed by atoms with Gasteiger partial charge >= 0.3 is 0 Å². The highest BCUT2D eigenvalue weighted by Crippen LogP contribution is 2.33. The first-order chi connectivity index (χ1) is 13.8. The molecule has 0 aromatic heterocycles. The van der Waals surface area contributed by atoms with Gasteiger partial charge in [-0.25, -0.2) is 0 Å². The third kappa shape index (κ3) is 4.53. The molecule has 1 saturated heterocycles. The Morgan fingerprint density at radius 3 is 2.57 bits per heavy atom. The molecule has 0 radical (unpaired) electrons. The molecule has 0 atom stereocenters. The molecule has 0 aliphatic carbocycles. The Labute approximate surface area is 167 Å². The van der Waals surface area contributed by atoms with E-state index in [0.717, 1.165) is 49.8 Å². The highest BCUT2D eigenvalue weighted by atomic mass is 16.7. The predicted octanol–water partition coefficient (Wildman–Crippen LogP) is 3.96. The summed E-state index contributed by atoms with van der Waals surface area (Å²) in [6.07, 6.45) is 4.86. The molecule has 0 N–H and O–H groups in total. The summed E-state index contributed by atoms with van der Waals surface area (Å²) in [5.74, 6) is 2.74. The fourth-order valence-corrected chi connectivity index (χ4v) is 4.04. The lowest BCUT2D eigenvalue weighted by Gasteiger charge is -2.36. The Kier molecular flexibility index (Phi) is 6.22. The van der Waals surface area contributed by atoms with E-state index in [2.05, 4.69) is 34.1 Å². The maximum atomic E-state index is 5.51. The molecule has 2 aliphatic rings. The van der Waals surface area contributed by atoms with Gasteiger partial charge in [0.25, 0.3) is 0 Å². The minimum Gasteiger partial charge on any atom is -0.495 e. The van der Waals surface area contributed by atoms with Gasteiger partial charge in [-0.1, -0.05) is 24.6 Å². The largest absolute Gasteiger partial charge is 0.495 e. The van der Waals surface area contributed by atoms with Crippen LogP contribution >= 0.6 is 0 Å². The number of aryl methyl sites for hydroxylation is 1. The molecule has 0 unspecified atom stereocenters. The average molecular weight is 383 g/mol. The SMILES string of the molecule is COc1ccccc1N1CCN(CCCCCc2ccc3c(c2)OCO3)CC1. The molecule has 28 heavy (non-hydrogen) atoms. The van der Waals surface area contributed by atoms with E-state index >= 15 is 0 Å². The zero-order chi connectivity index (χ0) is 19.2. The van der Waals surface area contributed by atoms with E-state index in [1.165, 1.54) is 37.1 Å². The number of hydrogen-bond acceptors (Lipinski definition) is 5. The van der Waals surface area contributed by atoms with Gasteiger partial charge in [-0.05, 0) is 55.6 Å². The van der Waals surface area contributed by atoms with Crippen LogP contribution in [0.4, 0.5) is 5.69 Å². The second-order valence-electron chi connectivity index (χ2n) is 7.50. The van der Waals surface area contributed by atoms with Crippen molar-refractivity contribution < 1.29 is 14.2 Å². The van der Waals surface area contributed by atoms with E-state index < -0.39 is 0 Å². The van der Waals surface area contributed by atoms with Crippen LogP contribution in [0.15, 0.2) is 42.5 Å². The van der Waals surface area contributed by atoms with Crippen molar-refractivity contribution >= 4 is 5.69 Å². The Bertz CT molecular complexity index is 772. The van der Waals surface area contributed by atoms with Crippen LogP contribution in [0.3, 0.4) is 0 Å². The summed E-state index contributed by atoms with van der Waals surface area (Å²) in [6, 6.07) is 14.6. The molecule has 4 rings (SSSR count). The quantitative estimate of drug-likeness (QED) is 0.646. The van der Waals surface area contributed by atoms with Gasteiger partial charge in [0.2, 0.25) is 6.79 Å². The van der Waals surface area contributed by atoms with Crippen LogP contribution in [0, 0.1) is 0 Å². The second-order valence-corrected chi connectivity index (χ2v) is 7.50. The number of para-hydroxylation sites is 2. The summed E-state index contributed by atoms with van der Waals surface area (Å²) >= 11 is 0. The van der Waals surface area contributed by atoms with Gasteiger partial charge < -0.3 is 19.1 Å². The Balaban J connectivity index is 1.14. The minimum absolute atomic E-state index is 0.350. The van der Waals surface area contributed by atoms with Crippen LogP contribution in [0.1, 0.15) is 24.8 Å². The highest BCUT2D eigenvalue weighted by Gasteiger charge is 2.19. The number of methoxy groups -OCH3 is 1. The molecular weight excluding hydrogens is 352 g/mol. The smallest absolute Gasteiger partial charge is 0.231 e. The first-order valence-corrected chi connectivity index (χ1v) is 10.3. The first kappa shape index (κ1) is 18.9. The molecule has 2 aliphatic heterocycles. The third-order valence-electron chi connectivity index (χ3n) is 5.67. The molecule has 0 bridgehead atoms. The van der Waals surface area contributed by atoms with Crippen LogP contribution in [0.5, 0.6) is 17.2 Å². The van der Waals surface area contributed by atoms with E-state index in [1.54, 1.807) is 7.11 Å². The second kappa shape index (κ2) is 9.20. The number of piperazine rings is 1. The summed E-state index contributed by atoms with van der Waals surface area (Å²) in [7, 11) is 1.75. The first-order valence-electron chi connectivity index (χ1n) is 10.3. The van der Waals surface area contributed by atoms with E-state index in [4.69, 9.17) is 14.2 Å². The summed E-state index contributed by atoms with van der Waals surface area (Å²) in [5, 5.41) is 0. The minimum atomic E-state index is 0.350. The van der Waals surface area contributed by atoms with Gasteiger partial charge in [-0.15, -0.1) is 0 Å². The van der Waals surface area contributed by atoms with Crippen molar-refractivity contribution in [3.05, 3.63) is 48.0 Å². The number of unbranched alkanes of at least 4 members (excludes halogenated alkanes) is 2. The van der Waals surface area contributed by atoms with Crippen molar-refractivity contribution in [1.82, 2.24) is 4.90 Å². The lowest BCUT2D eigenvalue weighted by Crippen LogP contribution is -2.46. The lowest BCUT2D eigenvalue weighted by molar-refractivity contribution is 0.174. The van der Waals surface area contributed by atoms with Crippen molar-refractivity contribution in [3.8, 4) is 17.2 Å². The van der Waals surface area contributed by atoms with Gasteiger partial charge in [-0.2, -0.15) is 0 Å². The lowest BCUT2D eigenvalue weighted by atomic mass is 10.1. The van der Waals surface area contributed by atoms with Crippen LogP contribution in [0.2, 0.25) is 0 Å². The molecule has 0 saturated carbocycles. The zero-order valence-corrected chi connectivity index (χ0v) is 16.7.